The number of carbonyl (C=O) groups is 1. The number of nitrogens with zero attached hydrogens (tertiary/aromatic N) is 1. The summed E-state index contributed by atoms with van der Waals surface area (Å²) in [5.41, 5.74) is -1.09. The fourth-order valence-electron chi connectivity index (χ4n) is 1.25. The van der Waals surface area contributed by atoms with Gasteiger partial charge in [-0.25, -0.2) is 4.79 Å². The average molecular weight is 280 g/mol. The van der Waals surface area contributed by atoms with Crippen molar-refractivity contribution in [1.82, 2.24) is 0 Å². The monoisotopic (exact) mass is 279 g/mol. The molecule has 0 unspecified atom stereocenters. The van der Waals surface area contributed by atoms with E-state index in [1.807, 2.05) is 0 Å². The van der Waals surface area contributed by atoms with E-state index in [2.05, 4.69) is 4.74 Å². The number of nitriles is 1. The molecule has 4 nitrogen and oxygen atoms in total. The minimum Gasteiger partial charge on any atom is -0.478 e. The van der Waals surface area contributed by atoms with E-state index in [0.717, 1.165) is 12.1 Å². The number of alkyl halides is 4. The number of carboxylic acid groups (broad SMARTS) is 1. The molecule has 96 valence electrons. The summed E-state index contributed by atoms with van der Waals surface area (Å²) in [7, 11) is 0. The van der Waals surface area contributed by atoms with Gasteiger partial charge in [0.25, 0.3) is 0 Å². The van der Waals surface area contributed by atoms with Gasteiger partial charge >= 0.3 is 12.3 Å². The smallest absolute Gasteiger partial charge is 0.478 e. The third-order valence-electron chi connectivity index (χ3n) is 1.89. The second-order valence-electron chi connectivity index (χ2n) is 3.11. The van der Waals surface area contributed by atoms with Crippen LogP contribution in [0.25, 0.3) is 0 Å². The molecule has 1 aromatic rings. The minimum atomic E-state index is -5.04. The summed E-state index contributed by atoms with van der Waals surface area (Å²) in [6.07, 6.45) is -5.04. The number of rotatable bonds is 3. The molecule has 1 rings (SSSR count). The molecular weight excluding hydrogens is 275 g/mol. The lowest BCUT2D eigenvalue weighted by Gasteiger charge is -2.14. The van der Waals surface area contributed by atoms with Crippen LogP contribution >= 0.6 is 11.6 Å². The van der Waals surface area contributed by atoms with Crippen LogP contribution in [-0.4, -0.2) is 17.4 Å². The van der Waals surface area contributed by atoms with E-state index in [1.54, 1.807) is 6.07 Å². The highest BCUT2D eigenvalue weighted by atomic mass is 35.5. The standard InChI is InChI=1S/C10H5ClF3NO3/c11-3-6-1-5(4-15)2-7(9(16)17)8(6)18-10(12,13)14/h1-2H,3H2,(H,16,17). The lowest BCUT2D eigenvalue weighted by molar-refractivity contribution is -0.275. The molecule has 8 heteroatoms. The Hall–Kier alpha value is -1.94. The van der Waals surface area contributed by atoms with Crippen molar-refractivity contribution in [3.63, 3.8) is 0 Å². The number of hydrogen-bond acceptors (Lipinski definition) is 3. The quantitative estimate of drug-likeness (QED) is 0.864. The van der Waals surface area contributed by atoms with E-state index in [9.17, 15) is 18.0 Å². The minimum absolute atomic E-state index is 0.113. The molecule has 1 aromatic carbocycles. The molecule has 18 heavy (non-hydrogen) atoms. The Morgan fingerprint density at radius 3 is 2.50 bits per heavy atom. The molecule has 0 aliphatic rings. The largest absolute Gasteiger partial charge is 0.573 e. The Kier molecular flexibility index (Phi) is 4.03. The lowest BCUT2D eigenvalue weighted by atomic mass is 10.1. The first kappa shape index (κ1) is 14.1. The third kappa shape index (κ3) is 3.28. The molecule has 0 aromatic heterocycles. The van der Waals surface area contributed by atoms with Crippen LogP contribution in [-0.2, 0) is 5.88 Å². The van der Waals surface area contributed by atoms with E-state index >= 15 is 0 Å². The number of aromatic carboxylic acids is 1. The third-order valence-corrected chi connectivity index (χ3v) is 2.18. The van der Waals surface area contributed by atoms with Gasteiger partial charge in [0.05, 0.1) is 17.5 Å². The number of halogens is 4. The second-order valence-corrected chi connectivity index (χ2v) is 3.38. The topological polar surface area (TPSA) is 70.3 Å². The summed E-state index contributed by atoms with van der Waals surface area (Å²) in [6, 6.07) is 3.46. The Morgan fingerprint density at radius 2 is 2.11 bits per heavy atom. The molecule has 0 bridgehead atoms. The summed E-state index contributed by atoms with van der Waals surface area (Å²) in [5.74, 6) is -2.96. The molecule has 1 N–H and O–H groups in total. The van der Waals surface area contributed by atoms with Crippen molar-refractivity contribution in [1.29, 1.82) is 5.26 Å². The van der Waals surface area contributed by atoms with E-state index in [0.29, 0.717) is 0 Å². The fraction of sp³-hybridized carbons (Fsp3) is 0.200. The van der Waals surface area contributed by atoms with Crippen LogP contribution in [0.5, 0.6) is 5.75 Å². The van der Waals surface area contributed by atoms with Gasteiger partial charge in [0.1, 0.15) is 11.3 Å². The van der Waals surface area contributed by atoms with Crippen molar-refractivity contribution in [2.24, 2.45) is 0 Å². The van der Waals surface area contributed by atoms with Gasteiger partial charge in [-0.05, 0) is 12.1 Å². The van der Waals surface area contributed by atoms with E-state index in [4.69, 9.17) is 22.0 Å². The Bertz CT molecular complexity index is 522. The van der Waals surface area contributed by atoms with Crippen molar-refractivity contribution in [3.8, 4) is 11.8 Å². The van der Waals surface area contributed by atoms with Gasteiger partial charge in [0.15, 0.2) is 0 Å². The molecule has 0 atom stereocenters. The van der Waals surface area contributed by atoms with Crippen LogP contribution in [0, 0.1) is 11.3 Å². The maximum absolute atomic E-state index is 12.2. The highest BCUT2D eigenvalue weighted by molar-refractivity contribution is 6.17. The number of ether oxygens (including phenoxy) is 1. The molecule has 0 heterocycles. The zero-order valence-corrected chi connectivity index (χ0v) is 9.34. The zero-order chi connectivity index (χ0) is 13.9. The van der Waals surface area contributed by atoms with E-state index < -0.39 is 29.5 Å². The normalized spacial score (nSPS) is 10.8. The van der Waals surface area contributed by atoms with Crippen molar-refractivity contribution in [2.75, 3.05) is 0 Å². The zero-order valence-electron chi connectivity index (χ0n) is 8.58. The molecule has 0 aliphatic heterocycles. The molecule has 0 radical (unpaired) electrons. The molecule has 0 spiro atoms. The Labute approximate surface area is 104 Å². The van der Waals surface area contributed by atoms with Crippen molar-refractivity contribution < 1.29 is 27.8 Å². The number of carboxylic acids is 1. The van der Waals surface area contributed by atoms with Gasteiger partial charge in [-0.15, -0.1) is 24.8 Å². The van der Waals surface area contributed by atoms with E-state index in [-0.39, 0.29) is 11.1 Å². The van der Waals surface area contributed by atoms with Crippen LogP contribution in [0.15, 0.2) is 12.1 Å². The molecule has 0 fully saturated rings. The summed E-state index contributed by atoms with van der Waals surface area (Å²) in [5, 5.41) is 17.4. The van der Waals surface area contributed by atoms with Crippen molar-refractivity contribution in [2.45, 2.75) is 12.2 Å². The molecule has 0 amide bonds. The number of benzene rings is 1. The summed E-state index contributed by atoms with van der Waals surface area (Å²) >= 11 is 5.42. The van der Waals surface area contributed by atoms with Crippen LogP contribution in [0.2, 0.25) is 0 Å². The van der Waals surface area contributed by atoms with Gasteiger partial charge in [0.2, 0.25) is 0 Å². The summed E-state index contributed by atoms with van der Waals surface area (Å²) in [4.78, 5) is 10.8. The van der Waals surface area contributed by atoms with Crippen LogP contribution < -0.4 is 4.74 Å². The molecular formula is C10H5ClF3NO3. The van der Waals surface area contributed by atoms with E-state index in [1.165, 1.54) is 0 Å². The lowest BCUT2D eigenvalue weighted by Crippen LogP contribution is -2.20. The maximum Gasteiger partial charge on any atom is 0.573 e. The van der Waals surface area contributed by atoms with Gasteiger partial charge in [0, 0.05) is 5.56 Å². The average Bonchev–Trinajstić information content (AvgIpc) is 2.26. The molecule has 0 aliphatic carbocycles. The van der Waals surface area contributed by atoms with Crippen LogP contribution in [0.1, 0.15) is 21.5 Å². The first-order valence-corrected chi connectivity index (χ1v) is 4.94. The van der Waals surface area contributed by atoms with Gasteiger partial charge < -0.3 is 9.84 Å². The second kappa shape index (κ2) is 5.14. The first-order valence-electron chi connectivity index (χ1n) is 4.40. The SMILES string of the molecule is N#Cc1cc(CCl)c(OC(F)(F)F)c(C(=O)O)c1. The van der Waals surface area contributed by atoms with Gasteiger partial charge in [-0.1, -0.05) is 0 Å². The summed E-state index contributed by atoms with van der Waals surface area (Å²) < 4.78 is 40.1. The Balaban J connectivity index is 3.45. The maximum atomic E-state index is 12.2. The van der Waals surface area contributed by atoms with Crippen LogP contribution in [0.4, 0.5) is 13.2 Å². The van der Waals surface area contributed by atoms with Gasteiger partial charge in [-0.3, -0.25) is 0 Å². The highest BCUT2D eigenvalue weighted by Gasteiger charge is 2.34. The summed E-state index contributed by atoms with van der Waals surface area (Å²) in [6.45, 7) is 0. The molecule has 0 saturated heterocycles. The highest BCUT2D eigenvalue weighted by Crippen LogP contribution is 2.32. The van der Waals surface area contributed by atoms with Crippen molar-refractivity contribution in [3.05, 3.63) is 28.8 Å². The van der Waals surface area contributed by atoms with Crippen molar-refractivity contribution >= 4 is 17.6 Å². The van der Waals surface area contributed by atoms with Crippen LogP contribution in [0.3, 0.4) is 0 Å². The predicted octanol–water partition coefficient (Wildman–Crippen LogP) is 2.89. The Morgan fingerprint density at radius 1 is 1.50 bits per heavy atom. The molecule has 0 saturated carbocycles. The fourth-order valence-corrected chi connectivity index (χ4v) is 1.45. The van der Waals surface area contributed by atoms with Gasteiger partial charge in [-0.2, -0.15) is 5.26 Å². The first-order chi connectivity index (χ1) is 8.28. The number of hydrogen-bond donors (Lipinski definition) is 1. The predicted molar refractivity (Wildman–Crippen MR) is 54.4 cm³/mol.